The summed E-state index contributed by atoms with van der Waals surface area (Å²) in [6.07, 6.45) is 2.17. The Morgan fingerprint density at radius 1 is 1.17 bits per heavy atom. The summed E-state index contributed by atoms with van der Waals surface area (Å²) in [5.74, 6) is -1.14. The van der Waals surface area contributed by atoms with Crippen molar-refractivity contribution in [1.82, 2.24) is 5.32 Å². The molecular formula is C23H28N2O4. The van der Waals surface area contributed by atoms with Gasteiger partial charge in [0.05, 0.1) is 5.56 Å². The summed E-state index contributed by atoms with van der Waals surface area (Å²) in [6.45, 7) is 5.32. The monoisotopic (exact) mass is 396 g/mol. The van der Waals surface area contributed by atoms with Gasteiger partial charge in [-0.15, -0.1) is 0 Å². The maximum atomic E-state index is 13.0. The Labute approximate surface area is 170 Å². The molecule has 1 amide bonds. The zero-order valence-corrected chi connectivity index (χ0v) is 17.2. The highest BCUT2D eigenvalue weighted by Crippen LogP contribution is 2.27. The number of nitrogens with one attached hydrogen (secondary N) is 1. The normalized spacial score (nSPS) is 18.3. The molecule has 1 aliphatic rings. The van der Waals surface area contributed by atoms with Crippen LogP contribution < -0.4 is 11.1 Å². The number of rotatable bonds is 4. The van der Waals surface area contributed by atoms with Crippen LogP contribution in [0.25, 0.3) is 10.8 Å². The number of nitrogen functional groups attached to an aromatic ring is 1. The average molecular weight is 396 g/mol. The lowest BCUT2D eigenvalue weighted by Crippen LogP contribution is -2.49. The molecule has 154 valence electrons. The third kappa shape index (κ3) is 5.13. The van der Waals surface area contributed by atoms with E-state index in [9.17, 15) is 14.4 Å². The van der Waals surface area contributed by atoms with E-state index < -0.39 is 23.5 Å². The van der Waals surface area contributed by atoms with Crippen molar-refractivity contribution in [2.75, 3.05) is 5.73 Å². The highest BCUT2D eigenvalue weighted by atomic mass is 16.6. The number of ketones is 1. The van der Waals surface area contributed by atoms with Crippen LogP contribution in [-0.4, -0.2) is 29.3 Å². The number of anilines is 1. The van der Waals surface area contributed by atoms with Crippen molar-refractivity contribution < 1.29 is 19.1 Å². The molecule has 0 aliphatic heterocycles. The average Bonchev–Trinajstić information content (AvgIpc) is 2.63. The molecule has 3 rings (SSSR count). The molecule has 0 spiro atoms. The predicted octanol–water partition coefficient (Wildman–Crippen LogP) is 3.62. The first kappa shape index (κ1) is 20.8. The fourth-order valence-corrected chi connectivity index (χ4v) is 3.75. The number of nitrogens with two attached hydrogens (primary N) is 1. The summed E-state index contributed by atoms with van der Waals surface area (Å²) in [5, 5.41) is 4.62. The van der Waals surface area contributed by atoms with Gasteiger partial charge in [0.1, 0.15) is 17.4 Å². The van der Waals surface area contributed by atoms with Gasteiger partial charge in [-0.1, -0.05) is 24.3 Å². The standard InChI is InChI=1S/C23H28N2O4/c1-23(2,3)29-22(28)20(16-9-6-10-17(26)11-16)25-21(27)18-12-14-7-4-5-8-15(14)13-19(18)24/h4-5,7-8,12-13,16,20H,6,9-11,24H2,1-3H3,(H,25,27)/t16-,20-/m0/s1. The van der Waals surface area contributed by atoms with E-state index in [0.29, 0.717) is 30.5 Å². The van der Waals surface area contributed by atoms with Crippen LogP contribution in [0.5, 0.6) is 0 Å². The smallest absolute Gasteiger partial charge is 0.329 e. The molecule has 6 heteroatoms. The fourth-order valence-electron chi connectivity index (χ4n) is 3.75. The van der Waals surface area contributed by atoms with E-state index in [1.165, 1.54) is 0 Å². The lowest BCUT2D eigenvalue weighted by atomic mass is 9.83. The Bertz CT molecular complexity index is 946. The van der Waals surface area contributed by atoms with E-state index in [0.717, 1.165) is 10.8 Å². The minimum Gasteiger partial charge on any atom is -0.458 e. The number of Topliss-reactive ketones (excluding diaryl/α,β-unsaturated/α-hetero) is 1. The summed E-state index contributed by atoms with van der Waals surface area (Å²) >= 11 is 0. The Balaban J connectivity index is 1.88. The van der Waals surface area contributed by atoms with Gasteiger partial charge in [0.15, 0.2) is 0 Å². The van der Waals surface area contributed by atoms with Crippen LogP contribution in [0.2, 0.25) is 0 Å². The van der Waals surface area contributed by atoms with Crippen LogP contribution in [0.15, 0.2) is 36.4 Å². The SMILES string of the molecule is CC(C)(C)OC(=O)[C@@H](NC(=O)c1cc2ccccc2cc1N)[C@H]1CCCC(=O)C1. The van der Waals surface area contributed by atoms with Crippen molar-refractivity contribution in [1.29, 1.82) is 0 Å². The molecule has 6 nitrogen and oxygen atoms in total. The maximum Gasteiger partial charge on any atom is 0.329 e. The molecule has 3 N–H and O–H groups in total. The van der Waals surface area contributed by atoms with Gasteiger partial charge in [-0.3, -0.25) is 9.59 Å². The van der Waals surface area contributed by atoms with Crippen LogP contribution in [0.4, 0.5) is 5.69 Å². The minimum atomic E-state index is -0.892. The minimum absolute atomic E-state index is 0.106. The molecule has 1 fully saturated rings. The fraction of sp³-hybridized carbons (Fsp3) is 0.435. The molecule has 2 atom stereocenters. The third-order valence-corrected chi connectivity index (χ3v) is 5.10. The van der Waals surface area contributed by atoms with Crippen molar-refractivity contribution in [2.24, 2.45) is 5.92 Å². The second-order valence-corrected chi connectivity index (χ2v) is 8.67. The van der Waals surface area contributed by atoms with Gasteiger partial charge in [0.2, 0.25) is 0 Å². The lowest BCUT2D eigenvalue weighted by Gasteiger charge is -2.31. The first-order valence-corrected chi connectivity index (χ1v) is 9.98. The van der Waals surface area contributed by atoms with Crippen LogP contribution >= 0.6 is 0 Å². The predicted molar refractivity (Wildman–Crippen MR) is 112 cm³/mol. The Morgan fingerprint density at radius 3 is 2.45 bits per heavy atom. The summed E-state index contributed by atoms with van der Waals surface area (Å²) in [7, 11) is 0. The molecule has 2 aromatic rings. The maximum absolute atomic E-state index is 13.0. The van der Waals surface area contributed by atoms with Gasteiger partial charge in [0, 0.05) is 18.5 Å². The van der Waals surface area contributed by atoms with E-state index in [4.69, 9.17) is 10.5 Å². The Hall–Kier alpha value is -2.89. The zero-order chi connectivity index (χ0) is 21.2. The first-order chi connectivity index (χ1) is 13.6. The summed E-state index contributed by atoms with van der Waals surface area (Å²) < 4.78 is 5.53. The highest BCUT2D eigenvalue weighted by Gasteiger charge is 2.36. The summed E-state index contributed by atoms with van der Waals surface area (Å²) in [6, 6.07) is 10.2. The molecule has 0 saturated heterocycles. The van der Waals surface area contributed by atoms with Crippen LogP contribution in [-0.2, 0) is 14.3 Å². The molecule has 1 aliphatic carbocycles. The molecule has 2 aromatic carbocycles. The molecule has 0 radical (unpaired) electrons. The second-order valence-electron chi connectivity index (χ2n) is 8.67. The van der Waals surface area contributed by atoms with Gasteiger partial charge in [-0.05, 0) is 62.4 Å². The largest absolute Gasteiger partial charge is 0.458 e. The van der Waals surface area contributed by atoms with Crippen LogP contribution in [0.1, 0.15) is 56.8 Å². The van der Waals surface area contributed by atoms with Crippen LogP contribution in [0, 0.1) is 5.92 Å². The molecule has 1 saturated carbocycles. The molecule has 29 heavy (non-hydrogen) atoms. The van der Waals surface area contributed by atoms with Gasteiger partial charge in [-0.2, -0.15) is 0 Å². The van der Waals surface area contributed by atoms with Gasteiger partial charge in [-0.25, -0.2) is 4.79 Å². The lowest BCUT2D eigenvalue weighted by molar-refractivity contribution is -0.159. The van der Waals surface area contributed by atoms with Gasteiger partial charge >= 0.3 is 5.97 Å². The molecular weight excluding hydrogens is 368 g/mol. The van der Waals surface area contributed by atoms with Crippen molar-refractivity contribution >= 4 is 34.1 Å². The number of hydrogen-bond acceptors (Lipinski definition) is 5. The number of carbonyl (C=O) groups excluding carboxylic acids is 3. The Kier molecular flexibility index (Phi) is 5.91. The topological polar surface area (TPSA) is 98.5 Å². The zero-order valence-electron chi connectivity index (χ0n) is 17.2. The van der Waals surface area contributed by atoms with Crippen molar-refractivity contribution in [3.05, 3.63) is 42.0 Å². The second kappa shape index (κ2) is 8.23. The number of carbonyl (C=O) groups is 3. The molecule has 0 heterocycles. The summed E-state index contributed by atoms with van der Waals surface area (Å²) in [4.78, 5) is 37.8. The Morgan fingerprint density at radius 2 is 1.83 bits per heavy atom. The number of benzene rings is 2. The van der Waals surface area contributed by atoms with E-state index in [-0.39, 0.29) is 18.1 Å². The number of esters is 1. The van der Waals surface area contributed by atoms with E-state index >= 15 is 0 Å². The van der Waals surface area contributed by atoms with Gasteiger partial charge < -0.3 is 15.8 Å². The third-order valence-electron chi connectivity index (χ3n) is 5.10. The highest BCUT2D eigenvalue weighted by molar-refractivity contribution is 6.05. The quantitative estimate of drug-likeness (QED) is 0.607. The van der Waals surface area contributed by atoms with Crippen molar-refractivity contribution in [3.8, 4) is 0 Å². The van der Waals surface area contributed by atoms with E-state index in [2.05, 4.69) is 5.32 Å². The number of hydrogen-bond donors (Lipinski definition) is 2. The van der Waals surface area contributed by atoms with E-state index in [1.807, 2.05) is 24.3 Å². The number of ether oxygens (including phenoxy) is 1. The van der Waals surface area contributed by atoms with Crippen molar-refractivity contribution in [3.63, 3.8) is 0 Å². The van der Waals surface area contributed by atoms with Crippen molar-refractivity contribution in [2.45, 2.75) is 58.1 Å². The summed E-state index contributed by atoms with van der Waals surface area (Å²) in [5.41, 5.74) is 6.06. The van der Waals surface area contributed by atoms with Gasteiger partial charge in [0.25, 0.3) is 5.91 Å². The van der Waals surface area contributed by atoms with E-state index in [1.54, 1.807) is 32.9 Å². The molecule has 0 bridgehead atoms. The molecule has 0 aromatic heterocycles. The van der Waals surface area contributed by atoms with Crippen LogP contribution in [0.3, 0.4) is 0 Å². The first-order valence-electron chi connectivity index (χ1n) is 9.98. The number of amides is 1. The number of fused-ring (bicyclic) bond motifs is 1. The molecule has 0 unspecified atom stereocenters.